The summed E-state index contributed by atoms with van der Waals surface area (Å²) < 4.78 is 16.7. The number of aromatic nitrogens is 2. The maximum atomic E-state index is 12.0. The Morgan fingerprint density at radius 2 is 2.00 bits per heavy atom. The van der Waals surface area contributed by atoms with Gasteiger partial charge in [0, 0.05) is 30.4 Å². The van der Waals surface area contributed by atoms with Crippen molar-refractivity contribution in [3.63, 3.8) is 0 Å². The van der Waals surface area contributed by atoms with E-state index in [0.717, 1.165) is 30.6 Å². The Morgan fingerprint density at radius 3 is 2.72 bits per heavy atom. The first-order valence-corrected chi connectivity index (χ1v) is 13.4. The number of fused-ring (bicyclic) bond motifs is 1. The Morgan fingerprint density at radius 1 is 1.21 bits per heavy atom. The lowest BCUT2D eigenvalue weighted by Crippen LogP contribution is -2.28. The zero-order chi connectivity index (χ0) is 28.2. The van der Waals surface area contributed by atoms with Crippen LogP contribution in [0.4, 0.5) is 11.6 Å². The summed E-state index contributed by atoms with van der Waals surface area (Å²) in [6.07, 6.45) is 2.20. The highest BCUT2D eigenvalue weighted by Gasteiger charge is 2.24. The van der Waals surface area contributed by atoms with Crippen LogP contribution in [0, 0.1) is 11.3 Å². The van der Waals surface area contributed by atoms with Gasteiger partial charge >= 0.3 is 5.97 Å². The minimum Gasteiger partial charge on any atom is -0.490 e. The Bertz CT molecular complexity index is 1350. The minimum absolute atomic E-state index is 0.0337. The topological polar surface area (TPSA) is 114 Å². The van der Waals surface area contributed by atoms with Crippen molar-refractivity contribution in [3.05, 3.63) is 53.1 Å². The number of ether oxygens (including phenoxy) is 2. The van der Waals surface area contributed by atoms with Gasteiger partial charge in [0.1, 0.15) is 17.4 Å². The van der Waals surface area contributed by atoms with Crippen molar-refractivity contribution in [3.8, 4) is 23.3 Å². The van der Waals surface area contributed by atoms with Crippen molar-refractivity contribution >= 4 is 17.6 Å². The molecule has 1 aliphatic heterocycles. The van der Waals surface area contributed by atoms with Crippen LogP contribution in [0.3, 0.4) is 0 Å². The minimum atomic E-state index is -0.473. The van der Waals surface area contributed by atoms with Gasteiger partial charge in [-0.1, -0.05) is 12.1 Å². The average molecular weight is 532 g/mol. The molecule has 2 aromatic carbocycles. The fourth-order valence-corrected chi connectivity index (χ4v) is 4.54. The van der Waals surface area contributed by atoms with Gasteiger partial charge in [0.25, 0.3) is 11.8 Å². The molecule has 0 fully saturated rings. The summed E-state index contributed by atoms with van der Waals surface area (Å²) in [7, 11) is 0. The lowest BCUT2D eigenvalue weighted by atomic mass is 9.97. The highest BCUT2D eigenvalue weighted by Crippen LogP contribution is 2.35. The maximum Gasteiger partial charge on any atom is 0.307 e. The number of hydrogen-bond donors (Lipinski definition) is 1. The van der Waals surface area contributed by atoms with Crippen LogP contribution in [0.2, 0.25) is 0 Å². The number of carbonyl (C=O) groups excluding carboxylic acids is 1. The van der Waals surface area contributed by atoms with E-state index in [9.17, 15) is 10.1 Å². The van der Waals surface area contributed by atoms with Crippen LogP contribution >= 0.6 is 0 Å². The number of nitrogens with one attached hydrogen (secondary N) is 1. The van der Waals surface area contributed by atoms with Gasteiger partial charge < -0.3 is 24.2 Å². The summed E-state index contributed by atoms with van der Waals surface area (Å²) in [6, 6.07) is 14.0. The van der Waals surface area contributed by atoms with Crippen LogP contribution in [0.25, 0.3) is 11.5 Å². The van der Waals surface area contributed by atoms with E-state index in [0.29, 0.717) is 41.7 Å². The Labute approximate surface area is 230 Å². The summed E-state index contributed by atoms with van der Waals surface area (Å²) in [5.74, 6) is 1.17. The fraction of sp³-hybridized carbons (Fsp3) is 0.467. The van der Waals surface area contributed by atoms with Crippen LogP contribution in [0.5, 0.6) is 5.75 Å². The summed E-state index contributed by atoms with van der Waals surface area (Å²) in [4.78, 5) is 18.7. The first-order valence-electron chi connectivity index (χ1n) is 13.4. The van der Waals surface area contributed by atoms with Gasteiger partial charge in [-0.15, -0.1) is 0 Å². The Hall–Kier alpha value is -3.90. The van der Waals surface area contributed by atoms with Gasteiger partial charge in [-0.05, 0) is 94.9 Å². The monoisotopic (exact) mass is 531 g/mol. The molecule has 0 aliphatic carbocycles. The molecule has 1 atom stereocenters. The first-order chi connectivity index (χ1) is 18.5. The van der Waals surface area contributed by atoms with E-state index in [1.165, 1.54) is 5.56 Å². The van der Waals surface area contributed by atoms with Crippen molar-refractivity contribution in [2.75, 3.05) is 18.0 Å². The Kier molecular flexibility index (Phi) is 8.56. The number of rotatable bonds is 9. The van der Waals surface area contributed by atoms with Gasteiger partial charge in [0.2, 0.25) is 0 Å². The predicted octanol–water partition coefficient (Wildman–Crippen LogP) is 5.86. The zero-order valence-corrected chi connectivity index (χ0v) is 23.6. The molecule has 3 aromatic rings. The predicted molar refractivity (Wildman–Crippen MR) is 149 cm³/mol. The number of nitriles is 1. The molecule has 2 heterocycles. The van der Waals surface area contributed by atoms with E-state index in [2.05, 4.69) is 51.5 Å². The number of nitrogens with zero attached hydrogens (tertiary/aromatic N) is 4. The molecule has 0 spiro atoms. The quantitative estimate of drug-likeness (QED) is 0.339. The van der Waals surface area contributed by atoms with E-state index in [4.69, 9.17) is 14.0 Å². The van der Waals surface area contributed by atoms with Crippen LogP contribution in [-0.2, 0) is 16.0 Å². The number of aryl methyl sites for hydroxylation is 1. The smallest absolute Gasteiger partial charge is 0.307 e. The number of carbonyl (C=O) groups is 1. The maximum absolute atomic E-state index is 12.0. The standard InChI is InChI=1S/C30H37N5O4/c1-19(2)37-26-12-10-23(17-24(26)18-31)28-33-29(34-39-28)35-15-7-8-22-16-21(9-11-25(22)35)20(3)32-14-13-27(36)38-30(4,5)6/h9-12,16-17,19-20,32H,7-8,13-15H2,1-6H3. The lowest BCUT2D eigenvalue weighted by Gasteiger charge is -2.29. The fourth-order valence-electron chi connectivity index (χ4n) is 4.54. The molecule has 1 aliphatic rings. The molecular weight excluding hydrogens is 494 g/mol. The molecule has 0 saturated heterocycles. The second-order valence-electron chi connectivity index (χ2n) is 11.0. The second kappa shape index (κ2) is 11.9. The molecule has 9 nitrogen and oxygen atoms in total. The number of anilines is 2. The van der Waals surface area contributed by atoms with Crippen LogP contribution in [-0.4, -0.2) is 40.9 Å². The van der Waals surface area contributed by atoms with Gasteiger partial charge in [0.15, 0.2) is 0 Å². The van der Waals surface area contributed by atoms with E-state index in [-0.39, 0.29) is 18.1 Å². The van der Waals surface area contributed by atoms with Crippen molar-refractivity contribution in [1.82, 2.24) is 15.5 Å². The third-order valence-electron chi connectivity index (χ3n) is 6.29. The normalized spacial score (nSPS) is 14.1. The van der Waals surface area contributed by atoms with Crippen molar-refractivity contribution in [1.29, 1.82) is 5.26 Å². The highest BCUT2D eigenvalue weighted by atomic mass is 16.6. The third-order valence-corrected chi connectivity index (χ3v) is 6.29. The van der Waals surface area contributed by atoms with Crippen molar-refractivity contribution in [2.45, 2.75) is 78.6 Å². The summed E-state index contributed by atoms with van der Waals surface area (Å²) in [6.45, 7) is 12.9. The van der Waals surface area contributed by atoms with Gasteiger partial charge in [-0.3, -0.25) is 4.79 Å². The molecular formula is C30H37N5O4. The van der Waals surface area contributed by atoms with Crippen molar-refractivity contribution < 1.29 is 18.8 Å². The molecule has 1 aromatic heterocycles. The van der Waals surface area contributed by atoms with E-state index >= 15 is 0 Å². The summed E-state index contributed by atoms with van der Waals surface area (Å²) in [5.41, 5.74) is 4.04. The molecule has 206 valence electrons. The molecule has 1 unspecified atom stereocenters. The Balaban J connectivity index is 1.45. The second-order valence-corrected chi connectivity index (χ2v) is 11.0. The number of esters is 1. The molecule has 0 amide bonds. The van der Waals surface area contributed by atoms with Gasteiger partial charge in [-0.25, -0.2) is 0 Å². The van der Waals surface area contributed by atoms with E-state index < -0.39 is 5.60 Å². The molecule has 0 saturated carbocycles. The van der Waals surface area contributed by atoms with E-state index in [1.54, 1.807) is 12.1 Å². The molecule has 0 bridgehead atoms. The molecule has 1 N–H and O–H groups in total. The average Bonchev–Trinajstić information content (AvgIpc) is 3.37. The summed E-state index contributed by atoms with van der Waals surface area (Å²) in [5, 5.41) is 17.2. The largest absolute Gasteiger partial charge is 0.490 e. The highest BCUT2D eigenvalue weighted by molar-refractivity contribution is 5.70. The molecule has 39 heavy (non-hydrogen) atoms. The zero-order valence-electron chi connectivity index (χ0n) is 23.6. The number of benzene rings is 2. The van der Waals surface area contributed by atoms with Gasteiger partial charge in [0.05, 0.1) is 18.1 Å². The van der Waals surface area contributed by atoms with Crippen LogP contribution in [0.1, 0.15) is 77.1 Å². The molecule has 9 heteroatoms. The lowest BCUT2D eigenvalue weighted by molar-refractivity contribution is -0.154. The van der Waals surface area contributed by atoms with Gasteiger partial charge in [-0.2, -0.15) is 10.2 Å². The number of hydrogen-bond acceptors (Lipinski definition) is 9. The molecule has 0 radical (unpaired) electrons. The van der Waals surface area contributed by atoms with E-state index in [1.807, 2.05) is 40.7 Å². The summed E-state index contributed by atoms with van der Waals surface area (Å²) >= 11 is 0. The van der Waals surface area contributed by atoms with Crippen molar-refractivity contribution in [2.24, 2.45) is 0 Å². The molecule has 4 rings (SSSR count). The third kappa shape index (κ3) is 7.15. The SMILES string of the molecule is CC(C)Oc1ccc(-c2nc(N3CCCc4cc(C(C)NCCC(=O)OC(C)(C)C)ccc43)no2)cc1C#N. The van der Waals surface area contributed by atoms with Crippen LogP contribution in [0.15, 0.2) is 40.9 Å². The van der Waals surface area contributed by atoms with Crippen LogP contribution < -0.4 is 15.0 Å². The first kappa shape index (κ1) is 28.1.